The van der Waals surface area contributed by atoms with E-state index in [1.807, 2.05) is 27.7 Å². The SMILES string of the molecule is C1=C\CCC/C=C\C/1.C[C@@H]1CC[C@@H](C)P1C1=C(P2[C@H](C)CC[C@H]2C)C(F)(F)C1(F)F.F[B-](F)(F)F.[Rh]. The second-order valence-electron chi connectivity index (χ2n) is 9.82. The van der Waals surface area contributed by atoms with Crippen LogP contribution in [0.15, 0.2) is 34.9 Å². The maximum Gasteiger partial charge on any atom is 0.673 e. The Labute approximate surface area is 225 Å². The maximum atomic E-state index is 14.4. The first-order valence-electron chi connectivity index (χ1n) is 12.4. The van der Waals surface area contributed by atoms with Crippen molar-refractivity contribution in [3.8, 4) is 0 Å². The van der Waals surface area contributed by atoms with Gasteiger partial charge in [0.05, 0.1) is 0 Å². The van der Waals surface area contributed by atoms with Crippen molar-refractivity contribution in [3.05, 3.63) is 34.9 Å². The van der Waals surface area contributed by atoms with Gasteiger partial charge in [-0.25, -0.2) is 0 Å². The van der Waals surface area contributed by atoms with E-state index in [0.29, 0.717) is 0 Å². The van der Waals surface area contributed by atoms with E-state index in [4.69, 9.17) is 0 Å². The topological polar surface area (TPSA) is 0 Å². The molecule has 211 valence electrons. The van der Waals surface area contributed by atoms with Crippen LogP contribution in [0.1, 0.15) is 79.1 Å². The Balaban J connectivity index is 0.000000383. The van der Waals surface area contributed by atoms with Crippen molar-refractivity contribution in [2.24, 2.45) is 0 Å². The molecule has 0 nitrogen and oxygen atoms in total. The van der Waals surface area contributed by atoms with Gasteiger partial charge in [0.1, 0.15) is 0 Å². The molecule has 0 amide bonds. The molecule has 4 rings (SSSR count). The van der Waals surface area contributed by atoms with Gasteiger partial charge in [-0.3, -0.25) is 0 Å². The Bertz CT molecular complexity index is 717. The van der Waals surface area contributed by atoms with E-state index >= 15 is 0 Å². The van der Waals surface area contributed by atoms with Crippen LogP contribution in [0.5, 0.6) is 0 Å². The minimum absolute atomic E-state index is 0. The van der Waals surface area contributed by atoms with E-state index in [2.05, 4.69) is 24.3 Å². The molecular weight excluding hydrogens is 616 g/mol. The molecular formula is C24H36BF8P2Rh-. The van der Waals surface area contributed by atoms with E-state index < -0.39 is 34.9 Å². The minimum Gasteiger partial charge on any atom is -0.418 e. The van der Waals surface area contributed by atoms with Gasteiger partial charge in [0, 0.05) is 30.1 Å². The molecule has 2 aliphatic carbocycles. The number of halogens is 8. The smallest absolute Gasteiger partial charge is 0.418 e. The van der Waals surface area contributed by atoms with Gasteiger partial charge < -0.3 is 17.3 Å². The molecule has 0 saturated carbocycles. The van der Waals surface area contributed by atoms with Gasteiger partial charge in [0.15, 0.2) is 0 Å². The van der Waals surface area contributed by atoms with Gasteiger partial charge >= 0.3 is 19.1 Å². The molecule has 2 aliphatic heterocycles. The third kappa shape index (κ3) is 8.35. The van der Waals surface area contributed by atoms with E-state index in [-0.39, 0.29) is 52.7 Å². The van der Waals surface area contributed by atoms with E-state index in [9.17, 15) is 34.8 Å². The summed E-state index contributed by atoms with van der Waals surface area (Å²) in [7, 11) is -8.23. The second kappa shape index (κ2) is 14.0. The molecule has 0 bridgehead atoms. The third-order valence-electron chi connectivity index (χ3n) is 6.98. The van der Waals surface area contributed by atoms with Crippen LogP contribution in [0.4, 0.5) is 34.8 Å². The Morgan fingerprint density at radius 3 is 1.19 bits per heavy atom. The summed E-state index contributed by atoms with van der Waals surface area (Å²) in [4.78, 5) is 0. The molecule has 2 fully saturated rings. The largest absolute Gasteiger partial charge is 0.673 e. The Morgan fingerprint density at radius 2 is 0.917 bits per heavy atom. The maximum absolute atomic E-state index is 14.4. The average Bonchev–Trinajstić information content (AvgIpc) is 3.19. The average molecular weight is 652 g/mol. The van der Waals surface area contributed by atoms with Crippen molar-refractivity contribution in [1.29, 1.82) is 0 Å². The van der Waals surface area contributed by atoms with E-state index in [1.54, 1.807) is 0 Å². The van der Waals surface area contributed by atoms with E-state index in [0.717, 1.165) is 32.1 Å². The first kappa shape index (κ1) is 34.2. The molecule has 2 heterocycles. The van der Waals surface area contributed by atoms with Crippen LogP contribution >= 0.6 is 15.8 Å². The van der Waals surface area contributed by atoms with Gasteiger partial charge in [-0.1, -0.05) is 67.8 Å². The Hall–Kier alpha value is 0.208. The van der Waals surface area contributed by atoms with Crippen LogP contribution < -0.4 is 0 Å². The summed E-state index contributed by atoms with van der Waals surface area (Å²) >= 11 is 0. The van der Waals surface area contributed by atoms with Crippen LogP contribution in [-0.2, 0) is 19.5 Å². The van der Waals surface area contributed by atoms with Crippen LogP contribution in [0.25, 0.3) is 0 Å². The normalized spacial score (nSPS) is 33.6. The fraction of sp³-hybridized carbons (Fsp3) is 0.750. The second-order valence-corrected chi connectivity index (χ2v) is 15.9. The summed E-state index contributed by atoms with van der Waals surface area (Å²) in [6.07, 6.45) is 17.6. The van der Waals surface area contributed by atoms with Gasteiger partial charge in [-0.2, -0.15) is 17.6 Å². The van der Waals surface area contributed by atoms with E-state index in [1.165, 1.54) is 19.3 Å². The first-order chi connectivity index (χ1) is 16.1. The number of allylic oxidation sites excluding steroid dienone is 6. The van der Waals surface area contributed by atoms with Crippen molar-refractivity contribution in [3.63, 3.8) is 0 Å². The van der Waals surface area contributed by atoms with Crippen LogP contribution in [0.2, 0.25) is 0 Å². The molecule has 0 aromatic carbocycles. The summed E-state index contributed by atoms with van der Waals surface area (Å²) in [6, 6.07) is 0. The fourth-order valence-electron chi connectivity index (χ4n) is 5.23. The van der Waals surface area contributed by atoms with Crippen LogP contribution in [0, 0.1) is 0 Å². The van der Waals surface area contributed by atoms with Crippen molar-refractivity contribution < 1.29 is 54.3 Å². The fourth-order valence-corrected chi connectivity index (χ4v) is 12.8. The minimum atomic E-state index is -6.00. The van der Waals surface area contributed by atoms with Gasteiger partial charge in [0.25, 0.3) is 0 Å². The molecule has 2 saturated heterocycles. The summed E-state index contributed by atoms with van der Waals surface area (Å²) in [5.41, 5.74) is 0.612. The number of hydrogen-bond donors (Lipinski definition) is 0. The molecule has 4 aliphatic rings. The number of alkyl halides is 4. The molecule has 0 unspecified atom stereocenters. The zero-order chi connectivity index (χ0) is 26.6. The summed E-state index contributed by atoms with van der Waals surface area (Å²) in [5.74, 6) is -7.80. The Morgan fingerprint density at radius 1 is 0.639 bits per heavy atom. The summed E-state index contributed by atoms with van der Waals surface area (Å²) in [5, 5.41) is -0.173. The molecule has 0 N–H and O–H groups in total. The number of hydrogen-bond acceptors (Lipinski definition) is 0. The predicted octanol–water partition coefficient (Wildman–Crippen LogP) is 10.6. The molecule has 0 aromatic heterocycles. The predicted molar refractivity (Wildman–Crippen MR) is 134 cm³/mol. The van der Waals surface area contributed by atoms with Crippen LogP contribution in [-0.4, -0.2) is 41.7 Å². The molecule has 0 aromatic rings. The monoisotopic (exact) mass is 652 g/mol. The van der Waals surface area contributed by atoms with Gasteiger partial charge in [-0.15, -0.1) is 0 Å². The molecule has 12 heteroatoms. The third-order valence-corrected chi connectivity index (χ3v) is 14.0. The summed E-state index contributed by atoms with van der Waals surface area (Å²) in [6.45, 7) is 7.89. The summed E-state index contributed by atoms with van der Waals surface area (Å²) < 4.78 is 96.4. The quantitative estimate of drug-likeness (QED) is 0.121. The zero-order valence-corrected chi connectivity index (χ0v) is 24.5. The standard InChI is InChI=1S/C16H24F4P2.C8H12.BF4.Rh/c1-9-5-6-10(2)21(9)13-14(16(19,20)15(13,17)18)22-11(3)7-8-12(22)4;1-2-4-6-8-7-5-3-1;2-1(3,4)5;/h9-12H,5-8H2,1-4H3;1-2,5,7H,3-4,6,8H2;;/q;;-1;/b;2-1-,7-5-;;/t9-,10-,11-,12-;;;/m1.../s1. The molecule has 0 spiro atoms. The zero-order valence-electron chi connectivity index (χ0n) is 21.1. The molecule has 4 atom stereocenters. The van der Waals surface area contributed by atoms with Crippen molar-refractivity contribution >= 4 is 23.1 Å². The van der Waals surface area contributed by atoms with Crippen molar-refractivity contribution in [2.75, 3.05) is 0 Å². The van der Waals surface area contributed by atoms with Gasteiger partial charge in [0.2, 0.25) is 0 Å². The Kier molecular flexibility index (Phi) is 13.3. The molecule has 36 heavy (non-hydrogen) atoms. The van der Waals surface area contributed by atoms with Gasteiger partial charge in [-0.05, 0) is 74.0 Å². The first-order valence-corrected chi connectivity index (χ1v) is 15.3. The number of rotatable bonds is 2. The van der Waals surface area contributed by atoms with Crippen LogP contribution in [0.3, 0.4) is 0 Å². The van der Waals surface area contributed by atoms with Crippen molar-refractivity contribution in [1.82, 2.24) is 0 Å². The van der Waals surface area contributed by atoms with Crippen molar-refractivity contribution in [2.45, 2.75) is 114 Å². The molecule has 1 radical (unpaired) electrons.